The minimum Gasteiger partial charge on any atom is -0.294 e. The molecule has 0 spiro atoms. The molecule has 1 aliphatic carbocycles. The lowest BCUT2D eigenvalue weighted by molar-refractivity contribution is 0.349. The molecule has 1 atom stereocenters. The third-order valence-electron chi connectivity index (χ3n) is 3.28. The van der Waals surface area contributed by atoms with E-state index in [9.17, 15) is 4.39 Å². The van der Waals surface area contributed by atoms with Crippen LogP contribution in [0.4, 0.5) is 4.39 Å². The fourth-order valence-corrected chi connectivity index (χ4v) is 3.28. The molecule has 2 nitrogen and oxygen atoms in total. The second kappa shape index (κ2) is 7.10. The van der Waals surface area contributed by atoms with Crippen molar-refractivity contribution in [1.29, 1.82) is 0 Å². The van der Waals surface area contributed by atoms with Crippen LogP contribution < -0.4 is 0 Å². The van der Waals surface area contributed by atoms with Crippen molar-refractivity contribution in [2.45, 2.75) is 44.8 Å². The molecule has 100 valence electrons. The molecule has 0 saturated carbocycles. The van der Waals surface area contributed by atoms with E-state index in [0.717, 1.165) is 32.4 Å². The fourth-order valence-electron chi connectivity index (χ4n) is 2.26. The van der Waals surface area contributed by atoms with E-state index in [1.165, 1.54) is 4.91 Å². The number of halogens is 1. The van der Waals surface area contributed by atoms with Crippen molar-refractivity contribution in [2.24, 2.45) is 4.99 Å². The zero-order valence-electron chi connectivity index (χ0n) is 10.9. The van der Waals surface area contributed by atoms with E-state index in [-0.39, 0.29) is 0 Å². The summed E-state index contributed by atoms with van der Waals surface area (Å²) in [6.45, 7) is 4.11. The minimum atomic E-state index is -0.774. The molecule has 2 rings (SSSR count). The maximum atomic E-state index is 13.2. The Kier molecular flexibility index (Phi) is 5.45. The van der Waals surface area contributed by atoms with Gasteiger partial charge in [0.05, 0.1) is 6.04 Å². The Balaban J connectivity index is 1.81. The number of alkyl halides is 1. The number of nitrogens with zero attached hydrogens (tertiary/aromatic N) is 2. The van der Waals surface area contributed by atoms with Crippen molar-refractivity contribution < 1.29 is 4.39 Å². The van der Waals surface area contributed by atoms with Gasteiger partial charge in [-0.15, -0.1) is 0 Å². The third-order valence-corrected chi connectivity index (χ3v) is 4.41. The van der Waals surface area contributed by atoms with E-state index >= 15 is 0 Å². The predicted octanol–water partition coefficient (Wildman–Crippen LogP) is 3.76. The zero-order valence-corrected chi connectivity index (χ0v) is 11.7. The topological polar surface area (TPSA) is 15.6 Å². The molecule has 1 heterocycles. The summed E-state index contributed by atoms with van der Waals surface area (Å²) in [6.07, 6.45) is 10.6. The van der Waals surface area contributed by atoms with Crippen LogP contribution >= 0.6 is 11.9 Å². The van der Waals surface area contributed by atoms with E-state index in [2.05, 4.69) is 15.4 Å². The normalized spacial score (nSPS) is 27.4. The van der Waals surface area contributed by atoms with Crippen LogP contribution in [0, 0.1) is 0 Å². The van der Waals surface area contributed by atoms with Crippen LogP contribution in [0.15, 0.2) is 28.1 Å². The first-order valence-electron chi connectivity index (χ1n) is 6.71. The molecule has 1 aliphatic heterocycles. The smallest absolute Gasteiger partial charge is 0.119 e. The molecule has 1 saturated heterocycles. The number of rotatable bonds is 3. The second-order valence-corrected chi connectivity index (χ2v) is 5.89. The van der Waals surface area contributed by atoms with Crippen LogP contribution in [-0.2, 0) is 0 Å². The van der Waals surface area contributed by atoms with Crippen LogP contribution in [0.5, 0.6) is 0 Å². The number of aliphatic imine (C=N–C) groups is 1. The fraction of sp³-hybridized carbons (Fsp3) is 0.643. The van der Waals surface area contributed by atoms with Crippen molar-refractivity contribution in [3.63, 3.8) is 0 Å². The maximum Gasteiger partial charge on any atom is 0.119 e. The van der Waals surface area contributed by atoms with Crippen molar-refractivity contribution >= 4 is 18.2 Å². The lowest BCUT2D eigenvalue weighted by Gasteiger charge is -2.29. The summed E-state index contributed by atoms with van der Waals surface area (Å²) in [5.41, 5.74) is 0. The average Bonchev–Trinajstić information content (AvgIpc) is 2.57. The van der Waals surface area contributed by atoms with Gasteiger partial charge >= 0.3 is 0 Å². The molecule has 0 N–H and O–H groups in total. The van der Waals surface area contributed by atoms with Crippen LogP contribution in [0.2, 0.25) is 0 Å². The Labute approximate surface area is 113 Å². The highest BCUT2D eigenvalue weighted by molar-refractivity contribution is 8.01. The number of hydrogen-bond donors (Lipinski definition) is 0. The second-order valence-electron chi connectivity index (χ2n) is 4.72. The molecule has 4 heteroatoms. The molecule has 2 aliphatic rings. The lowest BCUT2D eigenvalue weighted by Crippen LogP contribution is -2.30. The predicted molar refractivity (Wildman–Crippen MR) is 77.7 cm³/mol. The Bertz CT molecular complexity index is 344. The Morgan fingerprint density at radius 3 is 2.89 bits per heavy atom. The Morgan fingerprint density at radius 1 is 1.39 bits per heavy atom. The molecule has 1 unspecified atom stereocenters. The number of hydrogen-bond acceptors (Lipinski definition) is 3. The van der Waals surface area contributed by atoms with Crippen LogP contribution in [-0.4, -0.2) is 35.8 Å². The van der Waals surface area contributed by atoms with E-state index < -0.39 is 6.17 Å². The van der Waals surface area contributed by atoms with Gasteiger partial charge in [-0.05, 0) is 62.9 Å². The summed E-state index contributed by atoms with van der Waals surface area (Å²) in [4.78, 5) is 5.64. The summed E-state index contributed by atoms with van der Waals surface area (Å²) in [5, 5.41) is 0. The molecule has 0 aromatic rings. The molecule has 0 aromatic carbocycles. The quantitative estimate of drug-likeness (QED) is 0.572. The monoisotopic (exact) mass is 268 g/mol. The first-order chi connectivity index (χ1) is 8.78. The highest BCUT2D eigenvalue weighted by atomic mass is 32.2. The summed E-state index contributed by atoms with van der Waals surface area (Å²) in [7, 11) is 0. The van der Waals surface area contributed by atoms with Gasteiger partial charge in [-0.2, -0.15) is 0 Å². The van der Waals surface area contributed by atoms with Crippen LogP contribution in [0.25, 0.3) is 0 Å². The summed E-state index contributed by atoms with van der Waals surface area (Å²) < 4.78 is 15.5. The molecule has 18 heavy (non-hydrogen) atoms. The highest BCUT2D eigenvalue weighted by Gasteiger charge is 2.19. The van der Waals surface area contributed by atoms with Crippen LogP contribution in [0.1, 0.15) is 32.6 Å². The average molecular weight is 268 g/mol. The Morgan fingerprint density at radius 2 is 2.17 bits per heavy atom. The minimum absolute atomic E-state index is 0.501. The van der Waals surface area contributed by atoms with Gasteiger partial charge in [0.1, 0.15) is 6.17 Å². The third kappa shape index (κ3) is 4.25. The van der Waals surface area contributed by atoms with Gasteiger partial charge in [-0.3, -0.25) is 4.99 Å². The molecular weight excluding hydrogens is 247 g/mol. The van der Waals surface area contributed by atoms with Gasteiger partial charge in [-0.25, -0.2) is 8.70 Å². The SMILES string of the molecule is CC=NC1CCN(SC2=CCCC(F)C=C2)CC1. The van der Waals surface area contributed by atoms with Gasteiger partial charge in [0.2, 0.25) is 0 Å². The summed E-state index contributed by atoms with van der Waals surface area (Å²) in [5.74, 6) is 0. The van der Waals surface area contributed by atoms with E-state index in [4.69, 9.17) is 0 Å². The molecule has 0 radical (unpaired) electrons. The number of allylic oxidation sites excluding steroid dienone is 3. The van der Waals surface area contributed by atoms with Gasteiger partial charge in [0, 0.05) is 18.0 Å². The van der Waals surface area contributed by atoms with Crippen molar-refractivity contribution in [1.82, 2.24) is 4.31 Å². The molecular formula is C14H21FN2S. The maximum absolute atomic E-state index is 13.2. The first-order valence-corrected chi connectivity index (χ1v) is 7.48. The molecule has 0 aromatic heterocycles. The van der Waals surface area contributed by atoms with Crippen molar-refractivity contribution in [2.75, 3.05) is 13.1 Å². The number of piperidine rings is 1. The van der Waals surface area contributed by atoms with Gasteiger partial charge in [0.25, 0.3) is 0 Å². The Hall–Kier alpha value is -0.610. The molecule has 0 bridgehead atoms. The summed E-state index contributed by atoms with van der Waals surface area (Å²) in [6, 6.07) is 0.501. The largest absolute Gasteiger partial charge is 0.294 e. The van der Waals surface area contributed by atoms with E-state index in [1.807, 2.05) is 19.2 Å². The van der Waals surface area contributed by atoms with Crippen molar-refractivity contribution in [3.8, 4) is 0 Å². The first kappa shape index (κ1) is 13.8. The van der Waals surface area contributed by atoms with E-state index in [0.29, 0.717) is 12.5 Å². The molecule has 0 amide bonds. The van der Waals surface area contributed by atoms with E-state index in [1.54, 1.807) is 18.0 Å². The summed E-state index contributed by atoms with van der Waals surface area (Å²) >= 11 is 1.77. The standard InChI is InChI=1S/C14H21FN2S/c1-2-16-13-8-10-17(11-9-13)18-14-5-3-4-12(15)6-7-14/h2,5-7,12-13H,3-4,8-11H2,1H3. The van der Waals surface area contributed by atoms with Crippen LogP contribution in [0.3, 0.4) is 0 Å². The van der Waals surface area contributed by atoms with Gasteiger partial charge in [-0.1, -0.05) is 6.08 Å². The van der Waals surface area contributed by atoms with Crippen molar-refractivity contribution in [3.05, 3.63) is 23.1 Å². The van der Waals surface area contributed by atoms with Gasteiger partial charge < -0.3 is 0 Å². The zero-order chi connectivity index (χ0) is 12.8. The van der Waals surface area contributed by atoms with Gasteiger partial charge in [0.15, 0.2) is 0 Å². The lowest BCUT2D eigenvalue weighted by atomic mass is 10.1. The molecule has 1 fully saturated rings. The highest BCUT2D eigenvalue weighted by Crippen LogP contribution is 2.29.